The highest BCUT2D eigenvalue weighted by Gasteiger charge is 2.26. The van der Waals surface area contributed by atoms with Crippen molar-refractivity contribution in [1.82, 2.24) is 9.80 Å². The summed E-state index contributed by atoms with van der Waals surface area (Å²) in [5.74, 6) is 0.844. The third-order valence-corrected chi connectivity index (χ3v) is 4.68. The Balaban J connectivity index is 2.36. The minimum Gasteiger partial charge on any atom is -0.392 e. The highest BCUT2D eigenvalue weighted by atomic mass is 16.3. The number of piperidine rings is 1. The van der Waals surface area contributed by atoms with Gasteiger partial charge < -0.3 is 20.6 Å². The van der Waals surface area contributed by atoms with E-state index in [2.05, 4.69) is 11.8 Å². The molecule has 124 valence electrons. The molecular weight excluding hydrogens is 266 g/mol. The minimum absolute atomic E-state index is 0.0655. The zero-order chi connectivity index (χ0) is 16.0. The predicted octanol–water partition coefficient (Wildman–Crippen LogP) is 0.911. The van der Waals surface area contributed by atoms with Gasteiger partial charge in [0.2, 0.25) is 5.91 Å². The summed E-state index contributed by atoms with van der Waals surface area (Å²) in [5, 5.41) is 9.42. The number of likely N-dealkylation sites (tertiary alicyclic amines) is 1. The van der Waals surface area contributed by atoms with Crippen LogP contribution in [-0.4, -0.2) is 66.2 Å². The van der Waals surface area contributed by atoms with E-state index in [-0.39, 0.29) is 24.0 Å². The summed E-state index contributed by atoms with van der Waals surface area (Å²) in [5.41, 5.74) is 6.03. The first-order valence-electron chi connectivity index (χ1n) is 8.26. The third kappa shape index (κ3) is 5.93. The van der Waals surface area contributed by atoms with E-state index in [4.69, 9.17) is 5.73 Å². The summed E-state index contributed by atoms with van der Waals surface area (Å²) in [6, 6.07) is -0.379. The third-order valence-electron chi connectivity index (χ3n) is 4.68. The number of nitrogens with two attached hydrogens (primary N) is 1. The van der Waals surface area contributed by atoms with E-state index < -0.39 is 0 Å². The second kappa shape index (κ2) is 8.71. The number of nitrogens with zero attached hydrogens (tertiary/aromatic N) is 2. The molecule has 0 aromatic carbocycles. The van der Waals surface area contributed by atoms with Crippen molar-refractivity contribution in [2.24, 2.45) is 17.6 Å². The topological polar surface area (TPSA) is 69.8 Å². The number of amides is 1. The molecule has 1 aliphatic rings. The molecule has 1 heterocycles. The Morgan fingerprint density at radius 1 is 1.38 bits per heavy atom. The van der Waals surface area contributed by atoms with Crippen molar-refractivity contribution >= 4 is 5.91 Å². The molecule has 1 aliphatic heterocycles. The molecule has 0 radical (unpaired) electrons. The van der Waals surface area contributed by atoms with Gasteiger partial charge in [-0.25, -0.2) is 0 Å². The molecule has 3 N–H and O–H groups in total. The van der Waals surface area contributed by atoms with Crippen LogP contribution in [-0.2, 0) is 4.79 Å². The fourth-order valence-electron chi connectivity index (χ4n) is 2.95. The van der Waals surface area contributed by atoms with Crippen LogP contribution >= 0.6 is 0 Å². The van der Waals surface area contributed by atoms with Gasteiger partial charge in [-0.1, -0.05) is 20.3 Å². The van der Waals surface area contributed by atoms with E-state index in [0.717, 1.165) is 45.4 Å². The minimum atomic E-state index is -0.379. The second-order valence-corrected chi connectivity index (χ2v) is 6.72. The van der Waals surface area contributed by atoms with E-state index in [9.17, 15) is 9.90 Å². The monoisotopic (exact) mass is 299 g/mol. The van der Waals surface area contributed by atoms with E-state index in [1.54, 1.807) is 0 Å². The molecule has 3 unspecified atom stereocenters. The van der Waals surface area contributed by atoms with Crippen LogP contribution in [0.15, 0.2) is 0 Å². The van der Waals surface area contributed by atoms with Crippen LogP contribution in [0.5, 0.6) is 0 Å². The maximum absolute atomic E-state index is 12.3. The number of carbonyl (C=O) groups is 1. The van der Waals surface area contributed by atoms with Crippen LogP contribution in [0.3, 0.4) is 0 Å². The Bertz CT molecular complexity index is 315. The fraction of sp³-hybridized carbons (Fsp3) is 0.938. The molecule has 5 nitrogen and oxygen atoms in total. The fourth-order valence-corrected chi connectivity index (χ4v) is 2.95. The standard InChI is InChI=1S/C16H33N3O2/c1-5-12(2)15(17)16(21)18(4)11-14-6-8-19(9-7-14)10-13(3)20/h12-15,20H,5-11,17H2,1-4H3. The van der Waals surface area contributed by atoms with Crippen molar-refractivity contribution in [3.05, 3.63) is 0 Å². The van der Waals surface area contributed by atoms with Crippen LogP contribution in [0.4, 0.5) is 0 Å². The van der Waals surface area contributed by atoms with Crippen molar-refractivity contribution in [3.63, 3.8) is 0 Å². The number of aliphatic hydroxyl groups excluding tert-OH is 1. The van der Waals surface area contributed by atoms with Crippen LogP contribution in [0.25, 0.3) is 0 Å². The summed E-state index contributed by atoms with van der Waals surface area (Å²) in [6.45, 7) is 9.49. The van der Waals surface area contributed by atoms with Gasteiger partial charge in [0.25, 0.3) is 0 Å². The molecule has 0 bridgehead atoms. The number of rotatable bonds is 7. The summed E-state index contributed by atoms with van der Waals surface area (Å²) in [6.07, 6.45) is 2.84. The Hall–Kier alpha value is -0.650. The summed E-state index contributed by atoms with van der Waals surface area (Å²) < 4.78 is 0. The Morgan fingerprint density at radius 3 is 2.43 bits per heavy atom. The lowest BCUT2D eigenvalue weighted by molar-refractivity contribution is -0.133. The van der Waals surface area contributed by atoms with Gasteiger partial charge in [-0.3, -0.25) is 4.79 Å². The molecule has 1 rings (SSSR count). The van der Waals surface area contributed by atoms with Gasteiger partial charge in [-0.05, 0) is 44.7 Å². The second-order valence-electron chi connectivity index (χ2n) is 6.72. The summed E-state index contributed by atoms with van der Waals surface area (Å²) in [4.78, 5) is 16.4. The molecule has 0 saturated carbocycles. The van der Waals surface area contributed by atoms with E-state index in [1.807, 2.05) is 25.8 Å². The van der Waals surface area contributed by atoms with E-state index in [1.165, 1.54) is 0 Å². The molecule has 0 aliphatic carbocycles. The van der Waals surface area contributed by atoms with Crippen LogP contribution < -0.4 is 5.73 Å². The van der Waals surface area contributed by atoms with Crippen molar-refractivity contribution < 1.29 is 9.90 Å². The highest BCUT2D eigenvalue weighted by molar-refractivity contribution is 5.81. The smallest absolute Gasteiger partial charge is 0.239 e. The maximum Gasteiger partial charge on any atom is 0.239 e. The SMILES string of the molecule is CCC(C)C(N)C(=O)N(C)CC1CCN(CC(C)O)CC1. The van der Waals surface area contributed by atoms with Crippen molar-refractivity contribution in [2.45, 2.75) is 52.2 Å². The molecule has 1 saturated heterocycles. The molecule has 0 aromatic rings. The van der Waals surface area contributed by atoms with Gasteiger partial charge in [0.1, 0.15) is 0 Å². The molecule has 1 fully saturated rings. The molecule has 5 heteroatoms. The van der Waals surface area contributed by atoms with Crippen molar-refractivity contribution in [2.75, 3.05) is 33.2 Å². The van der Waals surface area contributed by atoms with Gasteiger partial charge >= 0.3 is 0 Å². The normalized spacial score (nSPS) is 21.8. The van der Waals surface area contributed by atoms with Crippen molar-refractivity contribution in [1.29, 1.82) is 0 Å². The van der Waals surface area contributed by atoms with Crippen LogP contribution in [0, 0.1) is 11.8 Å². The molecule has 1 amide bonds. The summed E-state index contributed by atoms with van der Waals surface area (Å²) >= 11 is 0. The lowest BCUT2D eigenvalue weighted by Gasteiger charge is -2.35. The number of likely N-dealkylation sites (N-methyl/N-ethyl adjacent to an activating group) is 1. The van der Waals surface area contributed by atoms with Gasteiger partial charge in [-0.15, -0.1) is 0 Å². The van der Waals surface area contributed by atoms with Gasteiger partial charge in [0.05, 0.1) is 12.1 Å². The lowest BCUT2D eigenvalue weighted by atomic mass is 9.94. The zero-order valence-electron chi connectivity index (χ0n) is 14.1. The average Bonchev–Trinajstić information content (AvgIpc) is 2.46. The van der Waals surface area contributed by atoms with Crippen LogP contribution in [0.1, 0.15) is 40.0 Å². The first kappa shape index (κ1) is 18.4. The number of aliphatic hydroxyl groups is 1. The molecular formula is C16H33N3O2. The van der Waals surface area contributed by atoms with E-state index in [0.29, 0.717) is 5.92 Å². The number of hydrogen-bond acceptors (Lipinski definition) is 4. The first-order valence-corrected chi connectivity index (χ1v) is 8.26. The number of hydrogen-bond donors (Lipinski definition) is 2. The van der Waals surface area contributed by atoms with Crippen LogP contribution in [0.2, 0.25) is 0 Å². The average molecular weight is 299 g/mol. The van der Waals surface area contributed by atoms with Gasteiger partial charge in [0.15, 0.2) is 0 Å². The predicted molar refractivity (Wildman–Crippen MR) is 85.9 cm³/mol. The van der Waals surface area contributed by atoms with Crippen molar-refractivity contribution in [3.8, 4) is 0 Å². The number of carbonyl (C=O) groups excluding carboxylic acids is 1. The Morgan fingerprint density at radius 2 is 1.95 bits per heavy atom. The number of β-amino-alcohol motifs (C(OH)–C–C–N with tert-alkyl or cyclic N) is 1. The molecule has 0 spiro atoms. The maximum atomic E-state index is 12.3. The summed E-state index contributed by atoms with van der Waals surface area (Å²) in [7, 11) is 1.87. The molecule has 3 atom stereocenters. The Kier molecular flexibility index (Phi) is 7.63. The molecule has 0 aromatic heterocycles. The lowest BCUT2D eigenvalue weighted by Crippen LogP contribution is -2.48. The van der Waals surface area contributed by atoms with Gasteiger partial charge in [0, 0.05) is 20.1 Å². The van der Waals surface area contributed by atoms with Gasteiger partial charge in [-0.2, -0.15) is 0 Å². The molecule has 21 heavy (non-hydrogen) atoms. The Labute approximate surface area is 129 Å². The van der Waals surface area contributed by atoms with E-state index >= 15 is 0 Å². The zero-order valence-corrected chi connectivity index (χ0v) is 14.1. The highest BCUT2D eigenvalue weighted by Crippen LogP contribution is 2.19. The quantitative estimate of drug-likeness (QED) is 0.733. The largest absolute Gasteiger partial charge is 0.392 e. The first-order chi connectivity index (χ1) is 9.85.